The third-order valence-corrected chi connectivity index (χ3v) is 5.95. The van der Waals surface area contributed by atoms with Crippen LogP contribution in [0, 0.1) is 0 Å². The minimum atomic E-state index is 0.793. The molecule has 0 unspecified atom stereocenters. The molecular formula is C21H22N6S. The second-order valence-electron chi connectivity index (χ2n) is 7.13. The molecule has 1 aliphatic heterocycles. The average molecular weight is 391 g/mol. The lowest BCUT2D eigenvalue weighted by molar-refractivity contribution is 0.313. The van der Waals surface area contributed by atoms with Crippen molar-refractivity contribution in [2.45, 2.75) is 0 Å². The molecule has 2 N–H and O–H groups in total. The van der Waals surface area contributed by atoms with Gasteiger partial charge in [0.25, 0.3) is 0 Å². The van der Waals surface area contributed by atoms with Crippen LogP contribution in [0.15, 0.2) is 53.4 Å². The van der Waals surface area contributed by atoms with Crippen molar-refractivity contribution in [3.05, 3.63) is 53.4 Å². The maximum atomic E-state index is 4.50. The number of benzene rings is 1. The average Bonchev–Trinajstić information content (AvgIpc) is 3.39. The lowest BCUT2D eigenvalue weighted by atomic mass is 10.1. The number of hydrogen-bond donors (Lipinski definition) is 2. The summed E-state index contributed by atoms with van der Waals surface area (Å²) in [6.07, 6.45) is 1.82. The minimum absolute atomic E-state index is 0.793. The summed E-state index contributed by atoms with van der Waals surface area (Å²) in [6, 6.07) is 12.7. The molecule has 1 saturated heterocycles. The molecule has 0 saturated carbocycles. The Labute approximate surface area is 167 Å². The van der Waals surface area contributed by atoms with Gasteiger partial charge in [-0.15, -0.1) is 0 Å². The van der Waals surface area contributed by atoms with Crippen molar-refractivity contribution in [1.82, 2.24) is 20.1 Å². The van der Waals surface area contributed by atoms with E-state index in [4.69, 9.17) is 0 Å². The number of nitrogens with one attached hydrogen (secondary N) is 2. The Kier molecular flexibility index (Phi) is 4.46. The third kappa shape index (κ3) is 3.23. The summed E-state index contributed by atoms with van der Waals surface area (Å²) in [4.78, 5) is 9.25. The standard InChI is InChI=1S/C21H22N6S/c1-26-8-10-27(11-9-26)17-4-2-3-16(13-17)23-21-19-18(15-6-12-28-14-15)5-7-22-20(19)24-25-21/h2-7,12-14H,8-11H2,1H3,(H2,22,23,24,25). The van der Waals surface area contributed by atoms with Gasteiger partial charge in [-0.2, -0.15) is 16.4 Å². The molecule has 0 bridgehead atoms. The van der Waals surface area contributed by atoms with Gasteiger partial charge in [-0.1, -0.05) is 6.07 Å². The molecule has 0 spiro atoms. The van der Waals surface area contributed by atoms with Crippen molar-refractivity contribution in [1.29, 1.82) is 0 Å². The number of likely N-dealkylation sites (N-methyl/N-ethyl adjacent to an activating group) is 1. The number of thiophene rings is 1. The molecule has 7 heteroatoms. The molecular weight excluding hydrogens is 368 g/mol. The molecule has 4 aromatic rings. The van der Waals surface area contributed by atoms with E-state index in [2.05, 4.69) is 78.4 Å². The predicted octanol–water partition coefficient (Wildman–Crippen LogP) is 4.18. The van der Waals surface area contributed by atoms with Gasteiger partial charge in [0.05, 0.1) is 5.39 Å². The van der Waals surface area contributed by atoms with Crippen LogP contribution in [-0.4, -0.2) is 53.3 Å². The van der Waals surface area contributed by atoms with E-state index in [0.717, 1.165) is 54.3 Å². The number of rotatable bonds is 4. The highest BCUT2D eigenvalue weighted by molar-refractivity contribution is 7.08. The van der Waals surface area contributed by atoms with Crippen LogP contribution in [0.1, 0.15) is 0 Å². The molecule has 3 aromatic heterocycles. The maximum absolute atomic E-state index is 4.50. The Morgan fingerprint density at radius 3 is 2.82 bits per heavy atom. The molecule has 142 valence electrons. The summed E-state index contributed by atoms with van der Waals surface area (Å²) in [5, 5.41) is 16.3. The van der Waals surface area contributed by atoms with Gasteiger partial charge >= 0.3 is 0 Å². The highest BCUT2D eigenvalue weighted by atomic mass is 32.1. The number of hydrogen-bond acceptors (Lipinski definition) is 6. The highest BCUT2D eigenvalue weighted by Crippen LogP contribution is 2.34. The molecule has 0 aliphatic carbocycles. The number of H-pyrrole nitrogens is 1. The van der Waals surface area contributed by atoms with E-state index in [1.165, 1.54) is 11.3 Å². The molecule has 0 atom stereocenters. The Hall–Kier alpha value is -2.90. The minimum Gasteiger partial charge on any atom is -0.369 e. The van der Waals surface area contributed by atoms with Crippen LogP contribution in [0.2, 0.25) is 0 Å². The van der Waals surface area contributed by atoms with Crippen LogP contribution in [0.3, 0.4) is 0 Å². The molecule has 28 heavy (non-hydrogen) atoms. The van der Waals surface area contributed by atoms with Crippen LogP contribution < -0.4 is 10.2 Å². The Morgan fingerprint density at radius 1 is 1.11 bits per heavy atom. The smallest absolute Gasteiger partial charge is 0.162 e. The van der Waals surface area contributed by atoms with Gasteiger partial charge in [0.15, 0.2) is 11.5 Å². The third-order valence-electron chi connectivity index (χ3n) is 5.27. The fourth-order valence-electron chi connectivity index (χ4n) is 3.68. The highest BCUT2D eigenvalue weighted by Gasteiger charge is 2.16. The van der Waals surface area contributed by atoms with E-state index in [1.807, 2.05) is 12.3 Å². The van der Waals surface area contributed by atoms with E-state index in [9.17, 15) is 0 Å². The molecule has 1 aromatic carbocycles. The summed E-state index contributed by atoms with van der Waals surface area (Å²) in [7, 11) is 2.18. The van der Waals surface area contributed by atoms with Crippen molar-refractivity contribution in [3.63, 3.8) is 0 Å². The van der Waals surface area contributed by atoms with Crippen LogP contribution in [0.25, 0.3) is 22.2 Å². The van der Waals surface area contributed by atoms with E-state index in [0.29, 0.717) is 0 Å². The monoisotopic (exact) mass is 390 g/mol. The van der Waals surface area contributed by atoms with Crippen LogP contribution in [-0.2, 0) is 0 Å². The molecule has 1 fully saturated rings. The molecule has 5 rings (SSSR count). The summed E-state index contributed by atoms with van der Waals surface area (Å²) in [6.45, 7) is 4.30. The van der Waals surface area contributed by atoms with E-state index < -0.39 is 0 Å². The van der Waals surface area contributed by atoms with Gasteiger partial charge in [-0.05, 0) is 59.3 Å². The number of piperazine rings is 1. The van der Waals surface area contributed by atoms with Crippen molar-refractivity contribution >= 4 is 39.6 Å². The van der Waals surface area contributed by atoms with Gasteiger partial charge in [0.1, 0.15) is 0 Å². The van der Waals surface area contributed by atoms with Gasteiger partial charge in [0, 0.05) is 43.8 Å². The fraction of sp³-hybridized carbons (Fsp3) is 0.238. The van der Waals surface area contributed by atoms with Crippen LogP contribution in [0.5, 0.6) is 0 Å². The topological polar surface area (TPSA) is 60.1 Å². The first-order valence-corrected chi connectivity index (χ1v) is 10.4. The van der Waals surface area contributed by atoms with Gasteiger partial charge in [-0.25, -0.2) is 4.98 Å². The van der Waals surface area contributed by atoms with Crippen molar-refractivity contribution < 1.29 is 0 Å². The zero-order chi connectivity index (χ0) is 18.9. The lowest BCUT2D eigenvalue weighted by Gasteiger charge is -2.34. The largest absolute Gasteiger partial charge is 0.369 e. The van der Waals surface area contributed by atoms with Crippen LogP contribution >= 0.6 is 11.3 Å². The zero-order valence-corrected chi connectivity index (χ0v) is 16.5. The maximum Gasteiger partial charge on any atom is 0.162 e. The normalized spacial score (nSPS) is 15.2. The van der Waals surface area contributed by atoms with Crippen molar-refractivity contribution in [2.75, 3.05) is 43.4 Å². The lowest BCUT2D eigenvalue weighted by Crippen LogP contribution is -2.44. The zero-order valence-electron chi connectivity index (χ0n) is 15.7. The Morgan fingerprint density at radius 2 is 2.00 bits per heavy atom. The number of nitrogens with zero attached hydrogens (tertiary/aromatic N) is 4. The molecule has 6 nitrogen and oxygen atoms in total. The van der Waals surface area contributed by atoms with Crippen molar-refractivity contribution in [2.24, 2.45) is 0 Å². The van der Waals surface area contributed by atoms with Crippen LogP contribution in [0.4, 0.5) is 17.2 Å². The Bertz CT molecular complexity index is 1080. The van der Waals surface area contributed by atoms with Gasteiger partial charge in [0.2, 0.25) is 0 Å². The summed E-state index contributed by atoms with van der Waals surface area (Å²) in [5.74, 6) is 0.805. The molecule has 0 radical (unpaired) electrons. The quantitative estimate of drug-likeness (QED) is 0.547. The summed E-state index contributed by atoms with van der Waals surface area (Å²) < 4.78 is 0. The van der Waals surface area contributed by atoms with E-state index in [1.54, 1.807) is 11.3 Å². The van der Waals surface area contributed by atoms with E-state index >= 15 is 0 Å². The summed E-state index contributed by atoms with van der Waals surface area (Å²) in [5.41, 5.74) is 5.39. The first-order valence-electron chi connectivity index (χ1n) is 9.44. The SMILES string of the molecule is CN1CCN(c2cccc(Nc3n[nH]c4nccc(-c5ccsc5)c34)c2)CC1. The number of pyridine rings is 1. The van der Waals surface area contributed by atoms with Crippen molar-refractivity contribution in [3.8, 4) is 11.1 Å². The number of aromatic amines is 1. The number of aromatic nitrogens is 3. The second kappa shape index (κ2) is 7.26. The predicted molar refractivity (Wildman–Crippen MR) is 117 cm³/mol. The van der Waals surface area contributed by atoms with Gasteiger partial charge < -0.3 is 15.1 Å². The molecule has 0 amide bonds. The van der Waals surface area contributed by atoms with E-state index in [-0.39, 0.29) is 0 Å². The summed E-state index contributed by atoms with van der Waals surface area (Å²) >= 11 is 1.69. The number of fused-ring (bicyclic) bond motifs is 1. The Balaban J connectivity index is 1.47. The molecule has 1 aliphatic rings. The second-order valence-corrected chi connectivity index (χ2v) is 7.91. The first kappa shape index (κ1) is 17.2. The van der Waals surface area contributed by atoms with Gasteiger partial charge in [-0.3, -0.25) is 5.10 Å². The molecule has 4 heterocycles. The number of anilines is 3. The fourth-order valence-corrected chi connectivity index (χ4v) is 4.34. The first-order chi connectivity index (χ1) is 13.8.